The topological polar surface area (TPSA) is 40.1 Å². The van der Waals surface area contributed by atoms with E-state index in [0.29, 0.717) is 22.6 Å². The number of aliphatic carboxylic acids is 1. The zero-order chi connectivity index (χ0) is 6.08. The van der Waals surface area contributed by atoms with Crippen LogP contribution in [-0.4, -0.2) is 9.90 Å². The van der Waals surface area contributed by atoms with Gasteiger partial charge in [0.05, 0.1) is 0 Å². The zero-order valence-electron chi connectivity index (χ0n) is 2.95. The molecule has 7 heavy (non-hydrogen) atoms. The Morgan fingerprint density at radius 1 is 1.71 bits per heavy atom. The van der Waals surface area contributed by atoms with Gasteiger partial charge in [0.15, 0.2) is 0 Å². The van der Waals surface area contributed by atoms with Gasteiger partial charge in [-0.25, -0.2) is 0 Å². The normalized spacial score (nSPS) is 11.3. The molecule has 0 aliphatic heterocycles. The first-order chi connectivity index (χ1) is 2.94. The van der Waals surface area contributed by atoms with E-state index in [0.717, 1.165) is 0 Å². The van der Waals surface area contributed by atoms with E-state index < -0.39 is 9.90 Å². The summed E-state index contributed by atoms with van der Waals surface area (Å²) in [6.45, 7) is 0. The lowest BCUT2D eigenvalue weighted by atomic mass is 10.7. The first-order valence-corrected chi connectivity index (χ1v) is 2.30. The maximum absolute atomic E-state index is 11.2. The molecular weight excluding hydrogens is 221 g/mol. The maximum atomic E-state index is 11.2. The lowest BCUT2D eigenvalue weighted by Crippen LogP contribution is -2.36. The molecule has 0 bridgehead atoms. The molecule has 0 atom stereocenters. The minimum absolute atomic E-state index is 0.471. The van der Waals surface area contributed by atoms with Gasteiger partial charge in [0.2, 0.25) is 0 Å². The molecule has 0 amide bonds. The summed E-state index contributed by atoms with van der Waals surface area (Å²) in [5.41, 5.74) is 0. The Balaban J connectivity index is 3.79. The highest BCUT2D eigenvalue weighted by Crippen LogP contribution is 2.20. The van der Waals surface area contributed by atoms with E-state index in [1.165, 1.54) is 0 Å². The zero-order valence-corrected chi connectivity index (χ0v) is 5.11. The predicted molar refractivity (Wildman–Crippen MR) is 24.0 cm³/mol. The van der Waals surface area contributed by atoms with E-state index >= 15 is 0 Å². The lowest BCUT2D eigenvalue weighted by Gasteiger charge is -2.06. The van der Waals surface area contributed by atoms with Crippen LogP contribution in [0, 0.1) is 0 Å². The molecule has 5 heteroatoms. The highest BCUT2D eigenvalue weighted by atomic mass is 127. The number of alkyl halides is 3. The summed E-state index contributed by atoms with van der Waals surface area (Å²) in [6, 6.07) is 0. The second-order valence-electron chi connectivity index (χ2n) is 0.785. The maximum Gasteiger partial charge on any atom is 0.335 e. The molecule has 0 spiro atoms. The van der Waals surface area contributed by atoms with Crippen LogP contribution < -0.4 is 5.11 Å². The average molecular weight is 221 g/mol. The van der Waals surface area contributed by atoms with Gasteiger partial charge in [-0.2, -0.15) is 8.78 Å². The van der Waals surface area contributed by atoms with Crippen molar-refractivity contribution in [1.82, 2.24) is 0 Å². The molecule has 0 aromatic rings. The fourth-order valence-corrected chi connectivity index (χ4v) is 0. The molecule has 0 aromatic heterocycles. The first kappa shape index (κ1) is 7.06. The molecule has 0 saturated heterocycles. The van der Waals surface area contributed by atoms with Crippen LogP contribution in [0.4, 0.5) is 8.78 Å². The van der Waals surface area contributed by atoms with E-state index in [1.54, 1.807) is 0 Å². The van der Waals surface area contributed by atoms with E-state index in [-0.39, 0.29) is 0 Å². The summed E-state index contributed by atoms with van der Waals surface area (Å²) in [5.74, 6) is -2.35. The van der Waals surface area contributed by atoms with Crippen molar-refractivity contribution < 1.29 is 18.7 Å². The van der Waals surface area contributed by atoms with Crippen molar-refractivity contribution in [1.29, 1.82) is 0 Å². The molecule has 0 saturated carbocycles. The summed E-state index contributed by atoms with van der Waals surface area (Å²) in [4.78, 5) is 9.15. The summed E-state index contributed by atoms with van der Waals surface area (Å²) in [7, 11) is 0. The molecule has 42 valence electrons. The van der Waals surface area contributed by atoms with Gasteiger partial charge in [-0.05, 0) is 0 Å². The van der Waals surface area contributed by atoms with Gasteiger partial charge in [0, 0.05) is 22.6 Å². The molecule has 0 radical (unpaired) electrons. The van der Waals surface area contributed by atoms with Gasteiger partial charge in [-0.15, -0.1) is 0 Å². The Bertz CT molecular complexity index is 86.2. The number of rotatable bonds is 1. The third kappa shape index (κ3) is 2.72. The van der Waals surface area contributed by atoms with Crippen LogP contribution >= 0.6 is 22.6 Å². The number of carboxylic acid groups (broad SMARTS) is 1. The van der Waals surface area contributed by atoms with E-state index in [1.807, 2.05) is 0 Å². The molecule has 0 unspecified atom stereocenters. The minimum Gasteiger partial charge on any atom is -0.543 e. The van der Waals surface area contributed by atoms with Crippen LogP contribution in [-0.2, 0) is 4.79 Å². The van der Waals surface area contributed by atoms with E-state index in [2.05, 4.69) is 0 Å². The van der Waals surface area contributed by atoms with Crippen LogP contribution in [0.1, 0.15) is 0 Å². The van der Waals surface area contributed by atoms with Crippen molar-refractivity contribution in [3.63, 3.8) is 0 Å². The van der Waals surface area contributed by atoms with Crippen molar-refractivity contribution in [2.45, 2.75) is 3.93 Å². The highest BCUT2D eigenvalue weighted by molar-refractivity contribution is 14.1. The van der Waals surface area contributed by atoms with Crippen LogP contribution in [0.15, 0.2) is 0 Å². The minimum atomic E-state index is -3.72. The van der Waals surface area contributed by atoms with E-state index in [9.17, 15) is 8.78 Å². The van der Waals surface area contributed by atoms with Crippen molar-refractivity contribution in [2.24, 2.45) is 0 Å². The highest BCUT2D eigenvalue weighted by Gasteiger charge is 2.24. The van der Waals surface area contributed by atoms with E-state index in [4.69, 9.17) is 9.90 Å². The smallest absolute Gasteiger partial charge is 0.335 e. The van der Waals surface area contributed by atoms with Crippen molar-refractivity contribution in [3.05, 3.63) is 0 Å². The Labute approximate surface area is 51.7 Å². The SMILES string of the molecule is O=C([O-])C(F)(F)I. The molecule has 0 N–H and O–H groups in total. The fourth-order valence-electron chi connectivity index (χ4n) is 0. The van der Waals surface area contributed by atoms with Gasteiger partial charge >= 0.3 is 3.93 Å². The number of hydrogen-bond acceptors (Lipinski definition) is 2. The van der Waals surface area contributed by atoms with Gasteiger partial charge in [-0.1, -0.05) is 0 Å². The Morgan fingerprint density at radius 2 is 1.86 bits per heavy atom. The second kappa shape index (κ2) is 1.89. The summed E-state index contributed by atoms with van der Waals surface area (Å²) in [5, 5.41) is 9.15. The number of carboxylic acids is 1. The quantitative estimate of drug-likeness (QED) is 0.453. The van der Waals surface area contributed by atoms with Gasteiger partial charge < -0.3 is 9.90 Å². The average Bonchev–Trinajstić information content (AvgIpc) is 1.31. The first-order valence-electron chi connectivity index (χ1n) is 1.23. The molecule has 2 nitrogen and oxygen atoms in total. The summed E-state index contributed by atoms with van der Waals surface area (Å²) < 4.78 is 18.6. The summed E-state index contributed by atoms with van der Waals surface area (Å²) >= 11 is 0.471. The third-order valence-corrected chi connectivity index (χ3v) is 0.672. The predicted octanol–water partition coefficient (Wildman–Crippen LogP) is -0.236. The van der Waals surface area contributed by atoms with Crippen LogP contribution in [0.2, 0.25) is 0 Å². The van der Waals surface area contributed by atoms with Crippen LogP contribution in [0.25, 0.3) is 0 Å². The molecule has 0 aliphatic rings. The van der Waals surface area contributed by atoms with Crippen molar-refractivity contribution in [2.75, 3.05) is 0 Å². The summed E-state index contributed by atoms with van der Waals surface area (Å²) in [6.07, 6.45) is 0. The molecule has 0 fully saturated rings. The van der Waals surface area contributed by atoms with Gasteiger partial charge in [0.25, 0.3) is 0 Å². The monoisotopic (exact) mass is 221 g/mol. The largest absolute Gasteiger partial charge is 0.543 e. The number of halogens is 3. The molecule has 0 aromatic carbocycles. The Hall–Kier alpha value is 0.0600. The second-order valence-corrected chi connectivity index (χ2v) is 2.14. The standard InChI is InChI=1S/C2HF2IO2/c3-2(4,5)1(6)7/h(H,6,7)/p-1. The number of carbonyl (C=O) groups is 1. The number of carbonyl (C=O) groups excluding carboxylic acids is 1. The van der Waals surface area contributed by atoms with Gasteiger partial charge in [0.1, 0.15) is 5.97 Å². The Kier molecular flexibility index (Phi) is 1.91. The Morgan fingerprint density at radius 3 is 1.86 bits per heavy atom. The fraction of sp³-hybridized carbons (Fsp3) is 0.500. The third-order valence-electron chi connectivity index (χ3n) is 0.231. The van der Waals surface area contributed by atoms with Crippen LogP contribution in [0.5, 0.6) is 0 Å². The molecule has 0 heterocycles. The molecule has 0 aliphatic carbocycles. The van der Waals surface area contributed by atoms with Crippen molar-refractivity contribution >= 4 is 28.6 Å². The lowest BCUT2D eigenvalue weighted by molar-refractivity contribution is -0.319. The van der Waals surface area contributed by atoms with Crippen molar-refractivity contribution in [3.8, 4) is 0 Å². The van der Waals surface area contributed by atoms with Crippen LogP contribution in [0.3, 0.4) is 0 Å². The van der Waals surface area contributed by atoms with Gasteiger partial charge in [-0.3, -0.25) is 0 Å². The molecular formula is C2F2IO2-. The number of hydrogen-bond donors (Lipinski definition) is 0. The molecule has 0 rings (SSSR count).